The molecule has 2 saturated heterocycles. The number of hydrogen-bond acceptors (Lipinski definition) is 5. The van der Waals surface area contributed by atoms with Crippen molar-refractivity contribution in [2.75, 3.05) is 37.0 Å². The molecule has 2 aromatic rings. The van der Waals surface area contributed by atoms with Crippen LogP contribution in [0.15, 0.2) is 36.5 Å². The number of aromatic nitrogens is 1. The highest BCUT2D eigenvalue weighted by molar-refractivity contribution is 7.99. The fourth-order valence-electron chi connectivity index (χ4n) is 5.05. The lowest BCUT2D eigenvalue weighted by molar-refractivity contribution is 0.0851. The van der Waals surface area contributed by atoms with E-state index in [0.29, 0.717) is 17.8 Å². The second kappa shape index (κ2) is 9.13. The normalized spacial score (nSPS) is 22.8. The summed E-state index contributed by atoms with van der Waals surface area (Å²) in [5.74, 6) is 3.48. The van der Waals surface area contributed by atoms with Gasteiger partial charge in [-0.05, 0) is 84.7 Å². The maximum absolute atomic E-state index is 6.27. The molecule has 0 saturated carbocycles. The Bertz CT molecular complexity index is 930. The van der Waals surface area contributed by atoms with Gasteiger partial charge in [-0.25, -0.2) is 4.98 Å². The molecule has 0 spiro atoms. The van der Waals surface area contributed by atoms with Gasteiger partial charge in [-0.15, -0.1) is 0 Å². The second-order valence-corrected chi connectivity index (χ2v) is 9.74. The Morgan fingerprint density at radius 2 is 1.97 bits per heavy atom. The van der Waals surface area contributed by atoms with Crippen molar-refractivity contribution in [1.82, 2.24) is 10.3 Å². The minimum atomic E-state index is 0.460. The van der Waals surface area contributed by atoms with Gasteiger partial charge in [-0.2, -0.15) is 11.8 Å². The highest BCUT2D eigenvalue weighted by Gasteiger charge is 2.25. The first kappa shape index (κ1) is 20.1. The van der Waals surface area contributed by atoms with E-state index in [0.717, 1.165) is 61.7 Å². The average molecular weight is 422 g/mol. The Kier molecular flexibility index (Phi) is 6.12. The number of hydrogen-bond donors (Lipinski definition) is 2. The van der Waals surface area contributed by atoms with Crippen molar-refractivity contribution in [2.24, 2.45) is 0 Å². The van der Waals surface area contributed by atoms with Crippen LogP contribution >= 0.6 is 11.8 Å². The van der Waals surface area contributed by atoms with Crippen molar-refractivity contribution < 1.29 is 4.74 Å². The largest absolute Gasteiger partial charge is 0.383 e. The first-order valence-electron chi connectivity index (χ1n) is 11.3. The number of nitrogens with zero attached hydrogens (tertiary/aromatic N) is 1. The van der Waals surface area contributed by atoms with E-state index in [2.05, 4.69) is 40.6 Å². The number of thioether (sulfide) groups is 1. The van der Waals surface area contributed by atoms with Crippen LogP contribution < -0.4 is 11.1 Å². The molecule has 3 aliphatic rings. The Hall–Kier alpha value is -1.82. The fourth-order valence-corrected chi connectivity index (χ4v) is 5.90. The van der Waals surface area contributed by atoms with E-state index in [1.165, 1.54) is 35.1 Å². The summed E-state index contributed by atoms with van der Waals surface area (Å²) in [7, 11) is 0. The molecule has 158 valence electrons. The van der Waals surface area contributed by atoms with E-state index in [-0.39, 0.29) is 0 Å². The zero-order chi connectivity index (χ0) is 20.3. The van der Waals surface area contributed by atoms with Gasteiger partial charge in [0.15, 0.2) is 0 Å². The van der Waals surface area contributed by atoms with Gasteiger partial charge < -0.3 is 15.8 Å². The molecule has 1 unspecified atom stereocenters. The van der Waals surface area contributed by atoms with Crippen LogP contribution in [0.3, 0.4) is 0 Å². The maximum Gasteiger partial charge on any atom is 0.130 e. The molecule has 5 rings (SSSR count). The number of rotatable bonds is 4. The Balaban J connectivity index is 1.53. The van der Waals surface area contributed by atoms with Crippen LogP contribution in [0.2, 0.25) is 0 Å². The lowest BCUT2D eigenvalue weighted by Gasteiger charge is -2.27. The monoisotopic (exact) mass is 421 g/mol. The highest BCUT2D eigenvalue weighted by Crippen LogP contribution is 2.38. The molecule has 0 amide bonds. The second-order valence-electron chi connectivity index (χ2n) is 8.59. The van der Waals surface area contributed by atoms with Gasteiger partial charge in [-0.1, -0.05) is 18.2 Å². The molecule has 4 nitrogen and oxygen atoms in total. The molecule has 1 aromatic heterocycles. The Labute approximate surface area is 183 Å². The van der Waals surface area contributed by atoms with Crippen LogP contribution in [0.25, 0.3) is 16.7 Å². The molecule has 30 heavy (non-hydrogen) atoms. The third kappa shape index (κ3) is 4.16. The summed E-state index contributed by atoms with van der Waals surface area (Å²) in [6, 6.07) is 9.77. The fraction of sp³-hybridized carbons (Fsp3) is 0.480. The van der Waals surface area contributed by atoms with E-state index in [1.807, 2.05) is 18.0 Å². The standard InChI is InChI=1S/C25H31N3OS/c26-25-22(18-7-12-30-13-8-18)15-20(16-28-25)19-3-4-21(17-5-10-29-11-6-17)23(14-19)24-2-1-9-27-24/h3-4,7,14-17,24,27H,1-2,5-6,8-13H2,(H2,26,28). The third-order valence-corrected chi connectivity index (χ3v) is 7.64. The van der Waals surface area contributed by atoms with Gasteiger partial charge in [0.05, 0.1) is 0 Å². The molecule has 5 heteroatoms. The van der Waals surface area contributed by atoms with Crippen molar-refractivity contribution in [3.63, 3.8) is 0 Å². The summed E-state index contributed by atoms with van der Waals surface area (Å²) >= 11 is 1.98. The van der Waals surface area contributed by atoms with Gasteiger partial charge >= 0.3 is 0 Å². The maximum atomic E-state index is 6.27. The molecule has 1 aromatic carbocycles. The highest BCUT2D eigenvalue weighted by atomic mass is 32.2. The van der Waals surface area contributed by atoms with Gasteiger partial charge in [0.1, 0.15) is 5.82 Å². The van der Waals surface area contributed by atoms with Crippen LogP contribution in [-0.4, -0.2) is 36.2 Å². The predicted octanol–water partition coefficient (Wildman–Crippen LogP) is 5.17. The summed E-state index contributed by atoms with van der Waals surface area (Å²) < 4.78 is 5.62. The lowest BCUT2D eigenvalue weighted by Crippen LogP contribution is -2.19. The zero-order valence-corrected chi connectivity index (χ0v) is 18.3. The molecular weight excluding hydrogens is 390 g/mol. The molecule has 2 fully saturated rings. The predicted molar refractivity (Wildman–Crippen MR) is 127 cm³/mol. The molecule has 3 N–H and O–H groups in total. The van der Waals surface area contributed by atoms with E-state index in [1.54, 1.807) is 0 Å². The summed E-state index contributed by atoms with van der Waals surface area (Å²) in [5, 5.41) is 3.72. The number of ether oxygens (including phenoxy) is 1. The number of nitrogen functional groups attached to an aromatic ring is 1. The van der Waals surface area contributed by atoms with E-state index < -0.39 is 0 Å². The topological polar surface area (TPSA) is 60.2 Å². The number of benzene rings is 1. The zero-order valence-electron chi connectivity index (χ0n) is 17.5. The van der Waals surface area contributed by atoms with Crippen molar-refractivity contribution in [3.05, 3.63) is 53.2 Å². The minimum Gasteiger partial charge on any atom is -0.383 e. The van der Waals surface area contributed by atoms with Crippen molar-refractivity contribution in [1.29, 1.82) is 0 Å². The minimum absolute atomic E-state index is 0.460. The van der Waals surface area contributed by atoms with Crippen LogP contribution in [0, 0.1) is 0 Å². The van der Waals surface area contributed by atoms with E-state index in [9.17, 15) is 0 Å². The molecule has 3 aliphatic heterocycles. The Morgan fingerprint density at radius 1 is 1.07 bits per heavy atom. The van der Waals surface area contributed by atoms with Crippen LogP contribution in [0.5, 0.6) is 0 Å². The summed E-state index contributed by atoms with van der Waals surface area (Å²) in [6.45, 7) is 2.87. The van der Waals surface area contributed by atoms with E-state index in [4.69, 9.17) is 10.5 Å². The third-order valence-electron chi connectivity index (χ3n) is 6.74. The first-order chi connectivity index (χ1) is 14.8. The molecule has 0 radical (unpaired) electrons. The number of nitrogens with one attached hydrogen (secondary N) is 1. The first-order valence-corrected chi connectivity index (χ1v) is 12.4. The van der Waals surface area contributed by atoms with Crippen molar-refractivity contribution in [2.45, 2.75) is 44.1 Å². The molecular formula is C25H31N3OS. The smallest absolute Gasteiger partial charge is 0.130 e. The van der Waals surface area contributed by atoms with Gasteiger partial charge in [0.2, 0.25) is 0 Å². The SMILES string of the molecule is Nc1ncc(-c2ccc(C3CCOCC3)c(C3CCCN3)c2)cc1C1=CCSCC1. The van der Waals surface area contributed by atoms with Gasteiger partial charge in [0.25, 0.3) is 0 Å². The number of allylic oxidation sites excluding steroid dienone is 1. The van der Waals surface area contributed by atoms with Gasteiger partial charge in [0, 0.05) is 42.3 Å². The summed E-state index contributed by atoms with van der Waals surface area (Å²) in [4.78, 5) is 4.57. The Morgan fingerprint density at radius 3 is 2.73 bits per heavy atom. The van der Waals surface area contributed by atoms with Crippen LogP contribution in [-0.2, 0) is 4.74 Å². The lowest BCUT2D eigenvalue weighted by atomic mass is 9.84. The van der Waals surface area contributed by atoms with Crippen LogP contribution in [0.4, 0.5) is 5.82 Å². The number of pyridine rings is 1. The van der Waals surface area contributed by atoms with Crippen molar-refractivity contribution in [3.8, 4) is 11.1 Å². The molecule has 0 bridgehead atoms. The number of anilines is 1. The van der Waals surface area contributed by atoms with Crippen LogP contribution in [0.1, 0.15) is 60.8 Å². The molecule has 0 aliphatic carbocycles. The summed E-state index contributed by atoms with van der Waals surface area (Å²) in [5.41, 5.74) is 14.1. The number of nitrogens with two attached hydrogens (primary N) is 1. The molecule has 1 atom stereocenters. The molecule has 4 heterocycles. The van der Waals surface area contributed by atoms with Crippen molar-refractivity contribution >= 4 is 23.2 Å². The van der Waals surface area contributed by atoms with Gasteiger partial charge in [-0.3, -0.25) is 0 Å². The summed E-state index contributed by atoms with van der Waals surface area (Å²) in [6.07, 6.45) is 10.0. The average Bonchev–Trinajstić information content (AvgIpc) is 3.35. The van der Waals surface area contributed by atoms with E-state index >= 15 is 0 Å². The quantitative estimate of drug-likeness (QED) is 0.713.